The van der Waals surface area contributed by atoms with Crippen molar-refractivity contribution in [2.75, 3.05) is 44.3 Å². The molecule has 1 N–H and O–H groups in total. The number of hydrogen-bond acceptors (Lipinski definition) is 7. The van der Waals surface area contributed by atoms with Gasteiger partial charge >= 0.3 is 0 Å². The Morgan fingerprint density at radius 3 is 2.60 bits per heavy atom. The summed E-state index contributed by atoms with van der Waals surface area (Å²) in [6, 6.07) is 3.87. The molecule has 9 nitrogen and oxygen atoms in total. The number of nitro groups is 1. The van der Waals surface area contributed by atoms with Gasteiger partial charge in [-0.05, 0) is 18.9 Å². The predicted octanol–water partition coefficient (Wildman–Crippen LogP) is 0.577. The molecule has 0 aliphatic carbocycles. The number of nitro benzene ring substituents is 1. The molecule has 2 aliphatic rings. The van der Waals surface area contributed by atoms with Gasteiger partial charge in [-0.3, -0.25) is 10.1 Å². The van der Waals surface area contributed by atoms with E-state index in [1.54, 1.807) is 4.90 Å². The molecule has 2 aliphatic heterocycles. The maximum atomic E-state index is 13.1. The number of nitrogens with zero attached hydrogens (tertiary/aromatic N) is 3. The second-order valence-electron chi connectivity index (χ2n) is 6.17. The normalized spacial score (nSPS) is 22.8. The maximum Gasteiger partial charge on any atom is 0.270 e. The van der Waals surface area contributed by atoms with E-state index in [0.29, 0.717) is 38.4 Å². The van der Waals surface area contributed by atoms with E-state index in [1.165, 1.54) is 16.4 Å². The summed E-state index contributed by atoms with van der Waals surface area (Å²) in [5, 5.41) is 21.0. The molecule has 0 amide bonds. The van der Waals surface area contributed by atoms with Gasteiger partial charge in [0.2, 0.25) is 10.0 Å². The van der Waals surface area contributed by atoms with Crippen molar-refractivity contribution in [1.29, 1.82) is 0 Å². The van der Waals surface area contributed by atoms with Gasteiger partial charge in [0, 0.05) is 38.3 Å². The Bertz CT molecular complexity index is 748. The summed E-state index contributed by atoms with van der Waals surface area (Å²) in [7, 11) is -3.89. The average Bonchev–Trinajstić information content (AvgIpc) is 2.62. The van der Waals surface area contributed by atoms with E-state index in [1.807, 2.05) is 0 Å². The summed E-state index contributed by atoms with van der Waals surface area (Å²) >= 11 is 0. The lowest BCUT2D eigenvalue weighted by atomic mass is 10.1. The molecule has 2 fully saturated rings. The largest absolute Gasteiger partial charge is 0.391 e. The number of aliphatic hydroxyl groups is 1. The van der Waals surface area contributed by atoms with Crippen molar-refractivity contribution in [2.24, 2.45) is 0 Å². The quantitative estimate of drug-likeness (QED) is 0.608. The third-order valence-electron chi connectivity index (χ3n) is 4.48. The summed E-state index contributed by atoms with van der Waals surface area (Å²) in [4.78, 5) is 12.2. The fourth-order valence-corrected chi connectivity index (χ4v) is 4.82. The maximum absolute atomic E-state index is 13.1. The van der Waals surface area contributed by atoms with Crippen LogP contribution in [0.5, 0.6) is 0 Å². The molecule has 25 heavy (non-hydrogen) atoms. The molecule has 1 unspecified atom stereocenters. The molecule has 1 atom stereocenters. The van der Waals surface area contributed by atoms with Crippen LogP contribution in [0.15, 0.2) is 23.1 Å². The van der Waals surface area contributed by atoms with Gasteiger partial charge in [0.25, 0.3) is 5.69 Å². The van der Waals surface area contributed by atoms with Gasteiger partial charge in [0.05, 0.1) is 29.9 Å². The zero-order valence-electron chi connectivity index (χ0n) is 13.7. The fourth-order valence-electron chi connectivity index (χ4n) is 3.18. The van der Waals surface area contributed by atoms with Crippen LogP contribution < -0.4 is 4.90 Å². The SMILES string of the molecule is O=[N+]([O-])c1ccc(N2CCCC(O)C2)c(S(=O)(=O)N2CCOCC2)c1. The van der Waals surface area contributed by atoms with Crippen LogP contribution in [-0.4, -0.2) is 68.2 Å². The number of morpholine rings is 1. The highest BCUT2D eigenvalue weighted by atomic mass is 32.2. The van der Waals surface area contributed by atoms with E-state index in [-0.39, 0.29) is 23.7 Å². The number of sulfonamides is 1. The van der Waals surface area contributed by atoms with Gasteiger partial charge < -0.3 is 14.7 Å². The molecule has 2 heterocycles. The highest BCUT2D eigenvalue weighted by Gasteiger charge is 2.32. The zero-order valence-corrected chi connectivity index (χ0v) is 14.5. The third kappa shape index (κ3) is 3.76. The van der Waals surface area contributed by atoms with Crippen molar-refractivity contribution in [1.82, 2.24) is 4.31 Å². The van der Waals surface area contributed by atoms with Crippen molar-refractivity contribution < 1.29 is 23.2 Å². The molecular weight excluding hydrogens is 350 g/mol. The van der Waals surface area contributed by atoms with Crippen molar-refractivity contribution in [3.05, 3.63) is 28.3 Å². The summed E-state index contributed by atoms with van der Waals surface area (Å²) in [6.07, 6.45) is 0.854. The minimum absolute atomic E-state index is 0.0855. The van der Waals surface area contributed by atoms with Gasteiger partial charge in [0.1, 0.15) is 4.90 Å². The lowest BCUT2D eigenvalue weighted by Gasteiger charge is -2.34. The molecule has 3 rings (SSSR count). The lowest BCUT2D eigenvalue weighted by molar-refractivity contribution is -0.385. The standard InChI is InChI=1S/C15H21N3O6S/c19-13-2-1-5-16(11-13)14-4-3-12(18(20)21)10-15(14)25(22,23)17-6-8-24-9-7-17/h3-4,10,13,19H,1-2,5-9,11H2. The Labute approximate surface area is 146 Å². The van der Waals surface area contributed by atoms with Crippen LogP contribution in [-0.2, 0) is 14.8 Å². The van der Waals surface area contributed by atoms with Crippen LogP contribution in [0.2, 0.25) is 0 Å². The first kappa shape index (κ1) is 18.1. The van der Waals surface area contributed by atoms with Crippen LogP contribution in [0.3, 0.4) is 0 Å². The van der Waals surface area contributed by atoms with E-state index in [4.69, 9.17) is 4.74 Å². The van der Waals surface area contributed by atoms with Crippen LogP contribution in [0, 0.1) is 10.1 Å². The number of anilines is 1. The summed E-state index contributed by atoms with van der Waals surface area (Å²) in [6.45, 7) is 1.93. The molecule has 0 bridgehead atoms. The topological polar surface area (TPSA) is 113 Å². The van der Waals surface area contributed by atoms with Crippen LogP contribution in [0.1, 0.15) is 12.8 Å². The van der Waals surface area contributed by atoms with E-state index >= 15 is 0 Å². The van der Waals surface area contributed by atoms with E-state index in [0.717, 1.165) is 12.5 Å². The summed E-state index contributed by atoms with van der Waals surface area (Å²) < 4.78 is 32.6. The number of β-amino-alcohol motifs (C(OH)–C–C–N with tert-alkyl or cyclic N) is 1. The third-order valence-corrected chi connectivity index (χ3v) is 6.41. The number of ether oxygens (including phenoxy) is 1. The molecule has 0 aromatic heterocycles. The van der Waals surface area contributed by atoms with Crippen LogP contribution >= 0.6 is 0 Å². The first-order valence-corrected chi connectivity index (χ1v) is 9.63. The van der Waals surface area contributed by atoms with Crippen molar-refractivity contribution in [3.8, 4) is 0 Å². The Balaban J connectivity index is 2.04. The van der Waals surface area contributed by atoms with Gasteiger partial charge in [-0.15, -0.1) is 0 Å². The molecule has 1 aromatic carbocycles. The highest BCUT2D eigenvalue weighted by Crippen LogP contribution is 2.33. The Morgan fingerprint density at radius 1 is 1.24 bits per heavy atom. The van der Waals surface area contributed by atoms with Gasteiger partial charge in [0.15, 0.2) is 0 Å². The average molecular weight is 371 g/mol. The molecule has 0 spiro atoms. The first-order valence-electron chi connectivity index (χ1n) is 8.19. The van der Waals surface area contributed by atoms with Crippen LogP contribution in [0.25, 0.3) is 0 Å². The molecule has 0 saturated carbocycles. The van der Waals surface area contributed by atoms with Gasteiger partial charge in [-0.25, -0.2) is 8.42 Å². The number of aliphatic hydroxyl groups excluding tert-OH is 1. The number of benzene rings is 1. The monoisotopic (exact) mass is 371 g/mol. The molecule has 0 radical (unpaired) electrons. The van der Waals surface area contributed by atoms with E-state index in [2.05, 4.69) is 0 Å². The zero-order chi connectivity index (χ0) is 18.0. The molecular formula is C15H21N3O6S. The minimum Gasteiger partial charge on any atom is -0.391 e. The molecule has 1 aromatic rings. The summed E-state index contributed by atoms with van der Waals surface area (Å²) in [5.74, 6) is 0. The molecule has 138 valence electrons. The van der Waals surface area contributed by atoms with Crippen molar-refractivity contribution >= 4 is 21.4 Å². The Kier molecular flexibility index (Phi) is 5.23. The molecule has 10 heteroatoms. The second kappa shape index (κ2) is 7.24. The smallest absolute Gasteiger partial charge is 0.270 e. The number of piperidine rings is 1. The van der Waals surface area contributed by atoms with Crippen LogP contribution in [0.4, 0.5) is 11.4 Å². The van der Waals surface area contributed by atoms with Gasteiger partial charge in [-0.1, -0.05) is 0 Å². The van der Waals surface area contributed by atoms with E-state index < -0.39 is 21.1 Å². The molecule has 2 saturated heterocycles. The Hall–Kier alpha value is -1.75. The van der Waals surface area contributed by atoms with E-state index in [9.17, 15) is 23.6 Å². The minimum atomic E-state index is -3.89. The lowest BCUT2D eigenvalue weighted by Crippen LogP contribution is -2.42. The number of non-ortho nitro benzene ring substituents is 1. The Morgan fingerprint density at radius 2 is 1.96 bits per heavy atom. The number of rotatable bonds is 4. The van der Waals surface area contributed by atoms with Crippen molar-refractivity contribution in [3.63, 3.8) is 0 Å². The summed E-state index contributed by atoms with van der Waals surface area (Å²) in [5.41, 5.74) is 0.129. The first-order chi connectivity index (χ1) is 11.9. The van der Waals surface area contributed by atoms with Gasteiger partial charge in [-0.2, -0.15) is 4.31 Å². The van der Waals surface area contributed by atoms with Crippen molar-refractivity contribution in [2.45, 2.75) is 23.8 Å². The highest BCUT2D eigenvalue weighted by molar-refractivity contribution is 7.89. The predicted molar refractivity (Wildman–Crippen MR) is 90.1 cm³/mol. The second-order valence-corrected chi connectivity index (χ2v) is 8.07. The fraction of sp³-hybridized carbons (Fsp3) is 0.600. The number of hydrogen-bond donors (Lipinski definition) is 1.